The molecule has 25 heavy (non-hydrogen) atoms. The van der Waals surface area contributed by atoms with Gasteiger partial charge in [-0.2, -0.15) is 0 Å². The van der Waals surface area contributed by atoms with Crippen LogP contribution in [0, 0.1) is 0 Å². The molecule has 0 unspecified atom stereocenters. The average molecular weight is 358 g/mol. The highest BCUT2D eigenvalue weighted by molar-refractivity contribution is 7.10. The number of nitrogens with zero attached hydrogens (tertiary/aromatic N) is 2. The molecule has 1 aliphatic rings. The van der Waals surface area contributed by atoms with Crippen molar-refractivity contribution in [3.63, 3.8) is 0 Å². The molecular formula is C20H27N3OS. The summed E-state index contributed by atoms with van der Waals surface area (Å²) in [5.41, 5.74) is 0.718. The van der Waals surface area contributed by atoms with Gasteiger partial charge in [-0.15, -0.1) is 11.3 Å². The first-order chi connectivity index (χ1) is 12.2. The van der Waals surface area contributed by atoms with Gasteiger partial charge < -0.3 is 10.2 Å². The average Bonchev–Trinajstić information content (AvgIpc) is 3.17. The molecule has 0 spiro atoms. The highest BCUT2D eigenvalue weighted by Crippen LogP contribution is 2.29. The van der Waals surface area contributed by atoms with E-state index in [1.54, 1.807) is 11.3 Å². The number of hydrogen-bond donors (Lipinski definition) is 1. The van der Waals surface area contributed by atoms with Crippen molar-refractivity contribution >= 4 is 17.2 Å². The second kappa shape index (κ2) is 8.61. The van der Waals surface area contributed by atoms with Crippen molar-refractivity contribution in [3.05, 3.63) is 58.3 Å². The zero-order chi connectivity index (χ0) is 17.6. The number of thiophene rings is 1. The van der Waals surface area contributed by atoms with Crippen LogP contribution in [0.15, 0.2) is 47.8 Å². The number of piperazine rings is 1. The fraction of sp³-hybridized carbons (Fsp3) is 0.450. The lowest BCUT2D eigenvalue weighted by atomic mass is 10.0. The van der Waals surface area contributed by atoms with Crippen LogP contribution in [-0.2, 0) is 0 Å². The van der Waals surface area contributed by atoms with Crippen LogP contribution in [-0.4, -0.2) is 54.5 Å². The lowest BCUT2D eigenvalue weighted by Crippen LogP contribution is -2.52. The number of nitrogens with one attached hydrogen (secondary N) is 1. The van der Waals surface area contributed by atoms with E-state index in [4.69, 9.17) is 0 Å². The maximum Gasteiger partial charge on any atom is 0.251 e. The Labute approximate surface area is 154 Å². The van der Waals surface area contributed by atoms with E-state index >= 15 is 0 Å². The predicted octanol–water partition coefficient (Wildman–Crippen LogP) is 3.25. The van der Waals surface area contributed by atoms with Crippen LogP contribution in [0.4, 0.5) is 0 Å². The normalized spacial score (nSPS) is 18.6. The molecule has 1 amide bonds. The molecule has 5 heteroatoms. The van der Waals surface area contributed by atoms with Gasteiger partial charge in [0.2, 0.25) is 0 Å². The van der Waals surface area contributed by atoms with E-state index in [1.807, 2.05) is 30.3 Å². The number of benzene rings is 1. The lowest BCUT2D eigenvalue weighted by Gasteiger charge is -2.41. The Balaban J connectivity index is 1.72. The lowest BCUT2D eigenvalue weighted by molar-refractivity contribution is 0.0753. The summed E-state index contributed by atoms with van der Waals surface area (Å²) in [4.78, 5) is 18.9. The summed E-state index contributed by atoms with van der Waals surface area (Å²) < 4.78 is 0. The Hall–Kier alpha value is -1.69. The van der Waals surface area contributed by atoms with Gasteiger partial charge in [0.25, 0.3) is 5.91 Å². The second-order valence-corrected chi connectivity index (χ2v) is 7.54. The Morgan fingerprint density at radius 2 is 1.84 bits per heavy atom. The fourth-order valence-electron chi connectivity index (χ4n) is 3.52. The maximum atomic E-state index is 12.6. The van der Waals surface area contributed by atoms with E-state index in [9.17, 15) is 4.79 Å². The maximum absolute atomic E-state index is 12.6. The first-order valence-electron chi connectivity index (χ1n) is 9.04. The molecule has 0 radical (unpaired) electrons. The molecule has 2 aromatic rings. The fourth-order valence-corrected chi connectivity index (χ4v) is 4.48. The molecule has 1 aromatic heterocycles. The van der Waals surface area contributed by atoms with Gasteiger partial charge in [0.05, 0.1) is 6.04 Å². The largest absolute Gasteiger partial charge is 0.348 e. The minimum Gasteiger partial charge on any atom is -0.348 e. The standard InChI is InChI=1S/C20H27N3OS/c1-3-22-11-13-23(14-12-22)19(18-10-7-15-25-18)16(2)21-20(24)17-8-5-4-6-9-17/h4-10,15-16,19H,3,11-14H2,1-2H3,(H,21,24)/t16-,19-/m1/s1. The highest BCUT2D eigenvalue weighted by Gasteiger charge is 2.30. The van der Waals surface area contributed by atoms with Gasteiger partial charge >= 0.3 is 0 Å². The molecular weight excluding hydrogens is 330 g/mol. The van der Waals surface area contributed by atoms with Crippen molar-refractivity contribution in [2.45, 2.75) is 25.9 Å². The molecule has 0 bridgehead atoms. The molecule has 1 aliphatic heterocycles. The molecule has 3 rings (SSSR count). The molecule has 1 N–H and O–H groups in total. The molecule has 2 heterocycles. The zero-order valence-corrected chi connectivity index (χ0v) is 15.8. The number of carbonyl (C=O) groups is 1. The summed E-state index contributed by atoms with van der Waals surface area (Å²) in [6.45, 7) is 9.73. The third-order valence-electron chi connectivity index (χ3n) is 4.95. The van der Waals surface area contributed by atoms with E-state index in [0.29, 0.717) is 0 Å². The van der Waals surface area contributed by atoms with Crippen molar-refractivity contribution < 1.29 is 4.79 Å². The van der Waals surface area contributed by atoms with Crippen molar-refractivity contribution in [3.8, 4) is 0 Å². The smallest absolute Gasteiger partial charge is 0.251 e. The predicted molar refractivity (Wildman–Crippen MR) is 104 cm³/mol. The van der Waals surface area contributed by atoms with Crippen molar-refractivity contribution in [1.82, 2.24) is 15.1 Å². The Kier molecular flexibility index (Phi) is 6.24. The molecule has 1 saturated heterocycles. The third-order valence-corrected chi connectivity index (χ3v) is 5.89. The van der Waals surface area contributed by atoms with Crippen LogP contribution in [0.3, 0.4) is 0 Å². The molecule has 4 nitrogen and oxygen atoms in total. The minimum absolute atomic E-state index is 0.00171. The van der Waals surface area contributed by atoms with Gasteiger partial charge in [0.15, 0.2) is 0 Å². The van der Waals surface area contributed by atoms with Crippen LogP contribution in [0.25, 0.3) is 0 Å². The second-order valence-electron chi connectivity index (χ2n) is 6.56. The van der Waals surface area contributed by atoms with Gasteiger partial charge in [-0.1, -0.05) is 31.2 Å². The van der Waals surface area contributed by atoms with Crippen LogP contribution < -0.4 is 5.32 Å². The summed E-state index contributed by atoms with van der Waals surface area (Å²) in [5, 5.41) is 5.34. The Bertz CT molecular complexity index is 651. The quantitative estimate of drug-likeness (QED) is 0.862. The van der Waals surface area contributed by atoms with Crippen molar-refractivity contribution in [2.75, 3.05) is 32.7 Å². The van der Waals surface area contributed by atoms with E-state index < -0.39 is 0 Å². The zero-order valence-electron chi connectivity index (χ0n) is 15.0. The van der Waals surface area contributed by atoms with E-state index in [1.165, 1.54) is 4.88 Å². The first-order valence-corrected chi connectivity index (χ1v) is 9.92. The van der Waals surface area contributed by atoms with E-state index in [-0.39, 0.29) is 18.0 Å². The number of carbonyl (C=O) groups excluding carboxylic acids is 1. The van der Waals surface area contributed by atoms with Crippen molar-refractivity contribution in [1.29, 1.82) is 0 Å². The number of hydrogen-bond acceptors (Lipinski definition) is 4. The van der Waals surface area contributed by atoms with Gasteiger partial charge in [0, 0.05) is 42.7 Å². The first kappa shape index (κ1) is 18.1. The molecule has 134 valence electrons. The number of likely N-dealkylation sites (N-methyl/N-ethyl adjacent to an activating group) is 1. The summed E-state index contributed by atoms with van der Waals surface area (Å²) in [5.74, 6) is 0.00171. The Morgan fingerprint density at radius 3 is 2.44 bits per heavy atom. The van der Waals surface area contributed by atoms with Crippen LogP contribution >= 0.6 is 11.3 Å². The highest BCUT2D eigenvalue weighted by atomic mass is 32.1. The van der Waals surface area contributed by atoms with Gasteiger partial charge in [-0.25, -0.2) is 0 Å². The van der Waals surface area contributed by atoms with Gasteiger partial charge in [-0.3, -0.25) is 9.69 Å². The third kappa shape index (κ3) is 4.48. The van der Waals surface area contributed by atoms with E-state index in [2.05, 4.69) is 46.5 Å². The number of rotatable bonds is 6. The van der Waals surface area contributed by atoms with Crippen LogP contribution in [0.2, 0.25) is 0 Å². The molecule has 0 aliphatic carbocycles. The molecule has 1 aromatic carbocycles. The van der Waals surface area contributed by atoms with Gasteiger partial charge in [-0.05, 0) is 37.0 Å². The summed E-state index contributed by atoms with van der Waals surface area (Å²) in [6.07, 6.45) is 0. The Morgan fingerprint density at radius 1 is 1.12 bits per heavy atom. The SMILES string of the molecule is CCN1CCN([C@@H](c2cccs2)[C@@H](C)NC(=O)c2ccccc2)CC1. The van der Waals surface area contributed by atoms with Gasteiger partial charge in [0.1, 0.15) is 0 Å². The summed E-state index contributed by atoms with van der Waals surface area (Å²) in [6, 6.07) is 14.0. The molecule has 0 saturated carbocycles. The number of amides is 1. The molecule has 1 fully saturated rings. The summed E-state index contributed by atoms with van der Waals surface area (Å²) in [7, 11) is 0. The summed E-state index contributed by atoms with van der Waals surface area (Å²) >= 11 is 1.78. The monoisotopic (exact) mass is 357 g/mol. The van der Waals surface area contributed by atoms with Crippen molar-refractivity contribution in [2.24, 2.45) is 0 Å². The minimum atomic E-state index is 0.00171. The van der Waals surface area contributed by atoms with Crippen LogP contribution in [0.1, 0.15) is 35.1 Å². The molecule has 2 atom stereocenters. The van der Waals surface area contributed by atoms with E-state index in [0.717, 1.165) is 38.3 Å². The van der Waals surface area contributed by atoms with Crippen LogP contribution in [0.5, 0.6) is 0 Å². The topological polar surface area (TPSA) is 35.6 Å².